The van der Waals surface area contributed by atoms with Crippen LogP contribution in [0.5, 0.6) is 11.5 Å². The highest BCUT2D eigenvalue weighted by Crippen LogP contribution is 2.37. The van der Waals surface area contributed by atoms with E-state index in [1.54, 1.807) is 32.0 Å². The monoisotopic (exact) mass is 448 g/mol. The van der Waals surface area contributed by atoms with Crippen LogP contribution < -0.4 is 14.8 Å². The molecule has 2 aromatic carbocycles. The van der Waals surface area contributed by atoms with Gasteiger partial charge in [0.2, 0.25) is 0 Å². The predicted molar refractivity (Wildman–Crippen MR) is 114 cm³/mol. The van der Waals surface area contributed by atoms with E-state index in [2.05, 4.69) is 5.32 Å². The van der Waals surface area contributed by atoms with E-state index in [-0.39, 0.29) is 28.7 Å². The van der Waals surface area contributed by atoms with Crippen LogP contribution in [-0.2, 0) is 9.59 Å². The molecule has 7 nitrogen and oxygen atoms in total. The molecule has 0 fully saturated rings. The molecule has 0 atom stereocenters. The topological polar surface area (TPSA) is 109 Å². The SMILES string of the molecule is CCOc1cc(/C=C(\C#N)C(=O)Nc2cc(Cl)ccc2C)cc(Cl)c1OCC(=O)O. The lowest BCUT2D eigenvalue weighted by Gasteiger charge is -2.13. The Labute approximate surface area is 183 Å². The molecule has 0 spiro atoms. The number of aryl methyl sites for hydroxylation is 1. The Morgan fingerprint density at radius 3 is 2.60 bits per heavy atom. The van der Waals surface area contributed by atoms with Crippen LogP contribution in [-0.4, -0.2) is 30.2 Å². The quantitative estimate of drug-likeness (QED) is 0.446. The number of hydrogen-bond acceptors (Lipinski definition) is 5. The van der Waals surface area contributed by atoms with E-state index in [0.717, 1.165) is 5.56 Å². The molecule has 9 heteroatoms. The van der Waals surface area contributed by atoms with Crippen molar-refractivity contribution >= 4 is 46.8 Å². The number of nitrogens with zero attached hydrogens (tertiary/aromatic N) is 1. The molecule has 0 aliphatic heterocycles. The molecule has 0 radical (unpaired) electrons. The first-order valence-corrected chi connectivity index (χ1v) is 9.51. The maximum Gasteiger partial charge on any atom is 0.341 e. The summed E-state index contributed by atoms with van der Waals surface area (Å²) >= 11 is 12.2. The number of anilines is 1. The lowest BCUT2D eigenvalue weighted by molar-refractivity contribution is -0.139. The summed E-state index contributed by atoms with van der Waals surface area (Å²) < 4.78 is 10.6. The van der Waals surface area contributed by atoms with Gasteiger partial charge in [0, 0.05) is 10.7 Å². The summed E-state index contributed by atoms with van der Waals surface area (Å²) in [4.78, 5) is 23.3. The number of halogens is 2. The highest BCUT2D eigenvalue weighted by atomic mass is 35.5. The molecule has 0 bridgehead atoms. The lowest BCUT2D eigenvalue weighted by Crippen LogP contribution is -2.14. The average molecular weight is 449 g/mol. The van der Waals surface area contributed by atoms with E-state index in [1.165, 1.54) is 18.2 Å². The lowest BCUT2D eigenvalue weighted by atomic mass is 10.1. The summed E-state index contributed by atoms with van der Waals surface area (Å²) in [6.07, 6.45) is 1.34. The maximum absolute atomic E-state index is 12.6. The second-order valence-electron chi connectivity index (χ2n) is 6.03. The first kappa shape index (κ1) is 23.1. The van der Waals surface area contributed by atoms with Gasteiger partial charge in [0.15, 0.2) is 18.1 Å². The van der Waals surface area contributed by atoms with Crippen LogP contribution in [0.3, 0.4) is 0 Å². The molecular weight excluding hydrogens is 431 g/mol. The molecule has 0 aliphatic rings. The second-order valence-corrected chi connectivity index (χ2v) is 6.87. The van der Waals surface area contributed by atoms with Crippen molar-refractivity contribution < 1.29 is 24.2 Å². The number of aliphatic carboxylic acids is 1. The number of carboxylic acid groups (broad SMARTS) is 1. The van der Waals surface area contributed by atoms with Gasteiger partial charge in [0.05, 0.1) is 11.6 Å². The van der Waals surface area contributed by atoms with E-state index in [1.807, 2.05) is 6.07 Å². The Hall–Kier alpha value is -3.21. The Balaban J connectivity index is 2.36. The van der Waals surface area contributed by atoms with Gasteiger partial charge < -0.3 is 19.9 Å². The van der Waals surface area contributed by atoms with Gasteiger partial charge in [-0.15, -0.1) is 0 Å². The number of ether oxygens (including phenoxy) is 2. The summed E-state index contributed by atoms with van der Waals surface area (Å²) in [5, 5.41) is 21.4. The minimum atomic E-state index is -1.17. The van der Waals surface area contributed by atoms with Gasteiger partial charge in [-0.05, 0) is 55.3 Å². The van der Waals surface area contributed by atoms with Gasteiger partial charge in [0.25, 0.3) is 5.91 Å². The van der Waals surface area contributed by atoms with Gasteiger partial charge in [-0.2, -0.15) is 5.26 Å². The van der Waals surface area contributed by atoms with Crippen molar-refractivity contribution in [1.29, 1.82) is 5.26 Å². The third-order valence-electron chi connectivity index (χ3n) is 3.80. The molecule has 0 saturated heterocycles. The number of carbonyl (C=O) groups excluding carboxylic acids is 1. The van der Waals surface area contributed by atoms with Crippen molar-refractivity contribution in [3.63, 3.8) is 0 Å². The number of nitrogens with one attached hydrogen (secondary N) is 1. The molecule has 2 rings (SSSR count). The molecule has 2 N–H and O–H groups in total. The summed E-state index contributed by atoms with van der Waals surface area (Å²) in [5.41, 5.74) is 1.50. The third kappa shape index (κ3) is 6.14. The fourth-order valence-electron chi connectivity index (χ4n) is 2.44. The number of hydrogen-bond donors (Lipinski definition) is 2. The van der Waals surface area contributed by atoms with Crippen LogP contribution in [0.2, 0.25) is 10.0 Å². The van der Waals surface area contributed by atoms with Crippen molar-refractivity contribution in [1.82, 2.24) is 0 Å². The van der Waals surface area contributed by atoms with Crippen LogP contribution in [0.15, 0.2) is 35.9 Å². The number of carboxylic acids is 1. The largest absolute Gasteiger partial charge is 0.490 e. The maximum atomic E-state index is 12.6. The number of carbonyl (C=O) groups is 2. The highest BCUT2D eigenvalue weighted by Gasteiger charge is 2.16. The molecule has 1 amide bonds. The zero-order valence-corrected chi connectivity index (χ0v) is 17.7. The molecule has 0 saturated carbocycles. The van der Waals surface area contributed by atoms with Crippen LogP contribution >= 0.6 is 23.2 Å². The van der Waals surface area contributed by atoms with E-state index in [0.29, 0.717) is 16.3 Å². The number of amides is 1. The zero-order chi connectivity index (χ0) is 22.3. The van der Waals surface area contributed by atoms with Crippen molar-refractivity contribution in [3.05, 3.63) is 57.1 Å². The molecule has 30 heavy (non-hydrogen) atoms. The highest BCUT2D eigenvalue weighted by molar-refractivity contribution is 6.32. The Bertz CT molecular complexity index is 1040. The second kappa shape index (κ2) is 10.5. The van der Waals surface area contributed by atoms with E-state index >= 15 is 0 Å². The van der Waals surface area contributed by atoms with Crippen molar-refractivity contribution in [2.24, 2.45) is 0 Å². The van der Waals surface area contributed by atoms with Crippen LogP contribution in [0.25, 0.3) is 6.08 Å². The standard InChI is InChI=1S/C21H18Cl2N2O5/c1-3-29-18-8-13(7-16(23)20(18)30-11-19(26)27)6-14(10-24)21(28)25-17-9-15(22)5-4-12(17)2/h4-9H,3,11H2,1-2H3,(H,25,28)(H,26,27)/b14-6+. The average Bonchev–Trinajstić information content (AvgIpc) is 2.68. The van der Waals surface area contributed by atoms with Crippen molar-refractivity contribution in [2.45, 2.75) is 13.8 Å². The number of nitriles is 1. The van der Waals surface area contributed by atoms with Crippen molar-refractivity contribution in [2.75, 3.05) is 18.5 Å². The molecule has 0 heterocycles. The zero-order valence-electron chi connectivity index (χ0n) is 16.2. The molecule has 2 aromatic rings. The fraction of sp³-hybridized carbons (Fsp3) is 0.190. The fourth-order valence-corrected chi connectivity index (χ4v) is 2.89. The first-order chi connectivity index (χ1) is 14.2. The van der Waals surface area contributed by atoms with E-state index < -0.39 is 18.5 Å². The van der Waals surface area contributed by atoms with Crippen molar-refractivity contribution in [3.8, 4) is 17.6 Å². The van der Waals surface area contributed by atoms with Gasteiger partial charge in [-0.25, -0.2) is 4.79 Å². The molecule has 0 aromatic heterocycles. The molecular formula is C21H18Cl2N2O5. The number of benzene rings is 2. The van der Waals surface area contributed by atoms with Gasteiger partial charge >= 0.3 is 5.97 Å². The normalized spacial score (nSPS) is 10.8. The Morgan fingerprint density at radius 1 is 1.23 bits per heavy atom. The van der Waals surface area contributed by atoms with Gasteiger partial charge in [0.1, 0.15) is 11.6 Å². The molecule has 0 unspecified atom stereocenters. The Morgan fingerprint density at radius 2 is 1.97 bits per heavy atom. The minimum absolute atomic E-state index is 0.0654. The van der Waals surface area contributed by atoms with E-state index in [9.17, 15) is 14.9 Å². The number of rotatable bonds is 8. The molecule has 0 aliphatic carbocycles. The smallest absolute Gasteiger partial charge is 0.341 e. The first-order valence-electron chi connectivity index (χ1n) is 8.75. The van der Waals surface area contributed by atoms with E-state index in [4.69, 9.17) is 37.8 Å². The van der Waals surface area contributed by atoms with Crippen LogP contribution in [0.4, 0.5) is 5.69 Å². The summed E-state index contributed by atoms with van der Waals surface area (Å²) in [6.45, 7) is 3.21. The molecule has 156 valence electrons. The minimum Gasteiger partial charge on any atom is -0.490 e. The summed E-state index contributed by atoms with van der Waals surface area (Å²) in [6, 6.07) is 9.82. The van der Waals surface area contributed by atoms with Crippen LogP contribution in [0.1, 0.15) is 18.1 Å². The van der Waals surface area contributed by atoms with Crippen LogP contribution in [0, 0.1) is 18.3 Å². The summed E-state index contributed by atoms with van der Waals surface area (Å²) in [5.74, 6) is -1.53. The predicted octanol–water partition coefficient (Wildman–Crippen LogP) is 4.71. The summed E-state index contributed by atoms with van der Waals surface area (Å²) in [7, 11) is 0. The van der Waals surface area contributed by atoms with Gasteiger partial charge in [-0.1, -0.05) is 29.3 Å². The van der Waals surface area contributed by atoms with Gasteiger partial charge in [-0.3, -0.25) is 4.79 Å². The third-order valence-corrected chi connectivity index (χ3v) is 4.31. The Kier molecular flexibility index (Phi) is 8.10.